The smallest absolute Gasteiger partial charge is 0.102 e. The molecule has 0 radical (unpaired) electrons. The van der Waals surface area contributed by atoms with Crippen LogP contribution in [0, 0.1) is 5.92 Å². The van der Waals surface area contributed by atoms with Crippen molar-refractivity contribution in [2.24, 2.45) is 10.9 Å². The summed E-state index contributed by atoms with van der Waals surface area (Å²) >= 11 is 0. The number of aliphatic imine (C=N–C) groups is 1. The molecule has 0 aliphatic carbocycles. The van der Waals surface area contributed by atoms with Gasteiger partial charge in [0.05, 0.1) is 0 Å². The van der Waals surface area contributed by atoms with Gasteiger partial charge in [-0.15, -0.1) is 0 Å². The Balaban J connectivity index is 1.76. The van der Waals surface area contributed by atoms with E-state index in [1.165, 1.54) is 43.8 Å². The van der Waals surface area contributed by atoms with E-state index in [1.807, 2.05) is 0 Å². The van der Waals surface area contributed by atoms with Gasteiger partial charge in [0.15, 0.2) is 0 Å². The molecule has 90 valence electrons. The van der Waals surface area contributed by atoms with Gasteiger partial charge in [-0.2, -0.15) is 0 Å². The maximum Gasteiger partial charge on any atom is 0.102 e. The molecule has 0 aromatic heterocycles. The number of hydrogen-bond acceptors (Lipinski definition) is 2. The van der Waals surface area contributed by atoms with E-state index < -0.39 is 0 Å². The van der Waals surface area contributed by atoms with Gasteiger partial charge in [0.1, 0.15) is 5.84 Å². The van der Waals surface area contributed by atoms with Crippen LogP contribution in [-0.2, 0) is 6.42 Å². The van der Waals surface area contributed by atoms with Crippen molar-refractivity contribution >= 4 is 5.84 Å². The molecule has 1 fully saturated rings. The van der Waals surface area contributed by atoms with Crippen LogP contribution in [0.1, 0.15) is 24.8 Å². The Morgan fingerprint density at radius 2 is 1.94 bits per heavy atom. The van der Waals surface area contributed by atoms with Gasteiger partial charge in [0, 0.05) is 25.6 Å². The molecule has 1 saturated heterocycles. The molecule has 2 heterocycles. The fourth-order valence-corrected chi connectivity index (χ4v) is 3.03. The van der Waals surface area contributed by atoms with Gasteiger partial charge < -0.3 is 4.90 Å². The summed E-state index contributed by atoms with van der Waals surface area (Å²) in [4.78, 5) is 7.29. The summed E-state index contributed by atoms with van der Waals surface area (Å²) in [6.45, 7) is 3.49. The van der Waals surface area contributed by atoms with Gasteiger partial charge in [-0.05, 0) is 31.2 Å². The summed E-state index contributed by atoms with van der Waals surface area (Å²) in [6, 6.07) is 10.8. The Labute approximate surface area is 103 Å². The topological polar surface area (TPSA) is 15.6 Å². The van der Waals surface area contributed by atoms with Crippen molar-refractivity contribution in [1.82, 2.24) is 4.90 Å². The van der Waals surface area contributed by atoms with E-state index in [0.29, 0.717) is 5.92 Å². The first-order valence-electron chi connectivity index (χ1n) is 6.77. The zero-order valence-corrected chi connectivity index (χ0v) is 10.3. The lowest BCUT2D eigenvalue weighted by Gasteiger charge is -2.38. The molecule has 17 heavy (non-hydrogen) atoms. The molecule has 1 aromatic rings. The van der Waals surface area contributed by atoms with Crippen LogP contribution in [0.15, 0.2) is 35.3 Å². The second-order valence-corrected chi connectivity index (χ2v) is 5.11. The first-order chi connectivity index (χ1) is 8.43. The van der Waals surface area contributed by atoms with Crippen LogP contribution in [-0.4, -0.2) is 30.4 Å². The summed E-state index contributed by atoms with van der Waals surface area (Å²) < 4.78 is 0. The highest BCUT2D eigenvalue weighted by atomic mass is 15.2. The minimum absolute atomic E-state index is 0.659. The first kappa shape index (κ1) is 10.8. The van der Waals surface area contributed by atoms with Crippen LogP contribution in [0.25, 0.3) is 0 Å². The molecule has 1 atom stereocenters. The molecule has 2 aliphatic heterocycles. The lowest BCUT2D eigenvalue weighted by atomic mass is 9.89. The molecule has 0 spiro atoms. The maximum atomic E-state index is 4.77. The summed E-state index contributed by atoms with van der Waals surface area (Å²) in [5.41, 5.74) is 1.45. The molecule has 0 amide bonds. The third-order valence-electron chi connectivity index (χ3n) is 3.85. The lowest BCUT2D eigenvalue weighted by molar-refractivity contribution is 0.311. The Hall–Kier alpha value is -1.31. The van der Waals surface area contributed by atoms with E-state index >= 15 is 0 Å². The number of benzene rings is 1. The number of piperidine rings is 1. The normalized spacial score (nSPS) is 24.1. The van der Waals surface area contributed by atoms with E-state index in [1.54, 1.807) is 0 Å². The predicted octanol–water partition coefficient (Wildman–Crippen LogP) is 2.74. The molecule has 2 aliphatic rings. The molecular formula is C15H20N2. The van der Waals surface area contributed by atoms with Crippen molar-refractivity contribution in [2.45, 2.75) is 25.7 Å². The van der Waals surface area contributed by atoms with Crippen LogP contribution in [0.4, 0.5) is 0 Å². The molecule has 0 N–H and O–H groups in total. The second kappa shape index (κ2) is 4.91. The average molecular weight is 228 g/mol. The van der Waals surface area contributed by atoms with Crippen molar-refractivity contribution in [3.8, 4) is 0 Å². The zero-order valence-electron chi connectivity index (χ0n) is 10.3. The number of nitrogens with zero attached hydrogens (tertiary/aromatic N) is 2. The molecule has 3 rings (SSSR count). The number of amidine groups is 1. The highest BCUT2D eigenvalue weighted by Crippen LogP contribution is 2.25. The van der Waals surface area contributed by atoms with E-state index in [9.17, 15) is 0 Å². The van der Waals surface area contributed by atoms with Gasteiger partial charge in [-0.25, -0.2) is 0 Å². The van der Waals surface area contributed by atoms with Crippen molar-refractivity contribution < 1.29 is 0 Å². The number of hydrogen-bond donors (Lipinski definition) is 0. The minimum Gasteiger partial charge on any atom is -0.360 e. The fraction of sp³-hybridized carbons (Fsp3) is 0.533. The zero-order chi connectivity index (χ0) is 11.5. The van der Waals surface area contributed by atoms with Crippen LogP contribution < -0.4 is 0 Å². The molecular weight excluding hydrogens is 208 g/mol. The van der Waals surface area contributed by atoms with Gasteiger partial charge in [0.2, 0.25) is 0 Å². The van der Waals surface area contributed by atoms with Crippen LogP contribution in [0.5, 0.6) is 0 Å². The molecule has 1 unspecified atom stereocenters. The van der Waals surface area contributed by atoms with Crippen molar-refractivity contribution in [3.05, 3.63) is 35.9 Å². The average Bonchev–Trinajstić information content (AvgIpc) is 2.40. The van der Waals surface area contributed by atoms with Crippen molar-refractivity contribution in [2.75, 3.05) is 19.6 Å². The van der Waals surface area contributed by atoms with Crippen molar-refractivity contribution in [3.63, 3.8) is 0 Å². The van der Waals surface area contributed by atoms with E-state index in [4.69, 9.17) is 4.99 Å². The SMILES string of the molecule is c1ccc(CC2CCCN3CCCN=C23)cc1. The Morgan fingerprint density at radius 3 is 2.82 bits per heavy atom. The van der Waals surface area contributed by atoms with Crippen molar-refractivity contribution in [1.29, 1.82) is 0 Å². The first-order valence-corrected chi connectivity index (χ1v) is 6.77. The van der Waals surface area contributed by atoms with E-state index in [0.717, 1.165) is 13.0 Å². The standard InChI is InChI=1S/C15H20N2/c1-2-6-13(7-3-1)12-14-8-4-10-17-11-5-9-16-15(14)17/h1-3,6-7,14H,4-5,8-12H2. The molecule has 0 saturated carbocycles. The maximum absolute atomic E-state index is 4.77. The summed E-state index contributed by atoms with van der Waals surface area (Å²) in [5, 5.41) is 0. The highest BCUT2D eigenvalue weighted by molar-refractivity contribution is 5.86. The van der Waals surface area contributed by atoms with Gasteiger partial charge in [-0.1, -0.05) is 30.3 Å². The summed E-state index contributed by atoms with van der Waals surface area (Å²) in [6.07, 6.45) is 5.04. The Bertz CT molecular complexity index is 397. The quantitative estimate of drug-likeness (QED) is 0.760. The third-order valence-corrected chi connectivity index (χ3v) is 3.85. The molecule has 1 aromatic carbocycles. The largest absolute Gasteiger partial charge is 0.360 e. The number of rotatable bonds is 2. The molecule has 2 nitrogen and oxygen atoms in total. The van der Waals surface area contributed by atoms with Gasteiger partial charge in [0.25, 0.3) is 0 Å². The monoisotopic (exact) mass is 228 g/mol. The van der Waals surface area contributed by atoms with Crippen LogP contribution in [0.3, 0.4) is 0 Å². The van der Waals surface area contributed by atoms with E-state index in [2.05, 4.69) is 35.2 Å². The van der Waals surface area contributed by atoms with Gasteiger partial charge >= 0.3 is 0 Å². The second-order valence-electron chi connectivity index (χ2n) is 5.11. The minimum atomic E-state index is 0.659. The summed E-state index contributed by atoms with van der Waals surface area (Å²) in [7, 11) is 0. The predicted molar refractivity (Wildman–Crippen MR) is 71.4 cm³/mol. The van der Waals surface area contributed by atoms with Crippen LogP contribution >= 0.6 is 0 Å². The summed E-state index contributed by atoms with van der Waals surface area (Å²) in [5.74, 6) is 2.05. The van der Waals surface area contributed by atoms with Gasteiger partial charge in [-0.3, -0.25) is 4.99 Å². The fourth-order valence-electron chi connectivity index (χ4n) is 3.03. The van der Waals surface area contributed by atoms with E-state index in [-0.39, 0.29) is 0 Å². The molecule has 2 heteroatoms. The third kappa shape index (κ3) is 2.36. The van der Waals surface area contributed by atoms with Crippen LogP contribution in [0.2, 0.25) is 0 Å². The Kier molecular flexibility index (Phi) is 3.12. The Morgan fingerprint density at radius 1 is 1.12 bits per heavy atom. The number of fused-ring (bicyclic) bond motifs is 1. The highest BCUT2D eigenvalue weighted by Gasteiger charge is 2.27. The molecule has 0 bridgehead atoms. The lowest BCUT2D eigenvalue weighted by Crippen LogP contribution is -2.45.